The minimum absolute atomic E-state index is 0.712. The molecule has 0 aromatic carbocycles. The number of H-pyrrole nitrogens is 1. The van der Waals surface area contributed by atoms with Crippen LogP contribution in [0.5, 0.6) is 0 Å². The fraction of sp³-hybridized carbons (Fsp3) is 0.100. The maximum absolute atomic E-state index is 5.01. The summed E-state index contributed by atoms with van der Waals surface area (Å²) in [5, 5.41) is 0. The van der Waals surface area contributed by atoms with Gasteiger partial charge in [-0.1, -0.05) is 12.2 Å². The Balaban J connectivity index is 2.24. The third kappa shape index (κ3) is 2.23. The summed E-state index contributed by atoms with van der Waals surface area (Å²) >= 11 is 5.01. The smallest absolute Gasteiger partial charge is 0.111 e. The molecule has 0 amide bonds. The van der Waals surface area contributed by atoms with Crippen molar-refractivity contribution in [2.24, 2.45) is 0 Å². The highest BCUT2D eigenvalue weighted by molar-refractivity contribution is 7.71. The van der Waals surface area contributed by atoms with E-state index in [-0.39, 0.29) is 0 Å². The van der Waals surface area contributed by atoms with E-state index in [2.05, 4.69) is 15.0 Å². The number of aromatic nitrogens is 3. The molecule has 2 heterocycles. The van der Waals surface area contributed by atoms with Gasteiger partial charge in [-0.05, 0) is 23.8 Å². The van der Waals surface area contributed by atoms with Crippen molar-refractivity contribution in [1.82, 2.24) is 15.0 Å². The van der Waals surface area contributed by atoms with E-state index in [1.165, 1.54) is 5.56 Å². The van der Waals surface area contributed by atoms with Gasteiger partial charge in [0.2, 0.25) is 0 Å². The quantitative estimate of drug-likeness (QED) is 0.760. The fourth-order valence-electron chi connectivity index (χ4n) is 1.19. The Kier molecular flexibility index (Phi) is 2.65. The molecular formula is C10H9N3S. The van der Waals surface area contributed by atoms with Gasteiger partial charge in [0.1, 0.15) is 10.5 Å². The van der Waals surface area contributed by atoms with Gasteiger partial charge in [0.15, 0.2) is 0 Å². The molecule has 0 aliphatic heterocycles. The standard InChI is InChI=1S/C10H9N3S/c14-10-3-6-12-9(13-10)7-8-1-4-11-5-2-8/h1-6H,7H2,(H,12,13,14). The number of nitrogens with zero attached hydrogens (tertiary/aromatic N) is 2. The predicted molar refractivity (Wildman–Crippen MR) is 56.5 cm³/mol. The van der Waals surface area contributed by atoms with Crippen LogP contribution in [0.4, 0.5) is 0 Å². The van der Waals surface area contributed by atoms with E-state index in [1.54, 1.807) is 24.7 Å². The minimum atomic E-state index is 0.712. The van der Waals surface area contributed by atoms with E-state index >= 15 is 0 Å². The van der Waals surface area contributed by atoms with Crippen LogP contribution in [0.25, 0.3) is 0 Å². The lowest BCUT2D eigenvalue weighted by Gasteiger charge is -1.99. The van der Waals surface area contributed by atoms with Gasteiger partial charge in [-0.2, -0.15) is 0 Å². The highest BCUT2D eigenvalue weighted by Gasteiger charge is 1.95. The summed E-state index contributed by atoms with van der Waals surface area (Å²) in [5.74, 6) is 0.878. The summed E-state index contributed by atoms with van der Waals surface area (Å²) in [6.45, 7) is 0. The summed E-state index contributed by atoms with van der Waals surface area (Å²) < 4.78 is 0.712. The van der Waals surface area contributed by atoms with E-state index in [9.17, 15) is 0 Å². The Hall–Kier alpha value is -1.55. The largest absolute Gasteiger partial charge is 0.335 e. The SMILES string of the molecule is S=c1ccnc(Cc2ccncc2)[nH]1. The van der Waals surface area contributed by atoms with E-state index < -0.39 is 0 Å². The molecule has 3 nitrogen and oxygen atoms in total. The average Bonchev–Trinajstić information content (AvgIpc) is 2.19. The van der Waals surface area contributed by atoms with E-state index in [4.69, 9.17) is 12.2 Å². The first-order chi connectivity index (χ1) is 6.84. The van der Waals surface area contributed by atoms with Crippen molar-refractivity contribution >= 4 is 12.2 Å². The summed E-state index contributed by atoms with van der Waals surface area (Å²) in [6, 6.07) is 5.70. The number of nitrogens with one attached hydrogen (secondary N) is 1. The molecule has 1 N–H and O–H groups in total. The highest BCUT2D eigenvalue weighted by atomic mass is 32.1. The molecule has 14 heavy (non-hydrogen) atoms. The zero-order valence-electron chi connectivity index (χ0n) is 7.47. The fourth-order valence-corrected chi connectivity index (χ4v) is 1.37. The Morgan fingerprint density at radius 1 is 1.14 bits per heavy atom. The normalized spacial score (nSPS) is 10.0. The summed E-state index contributed by atoms with van der Waals surface area (Å²) in [6.07, 6.45) is 6.02. The number of pyridine rings is 1. The molecule has 4 heteroatoms. The lowest BCUT2D eigenvalue weighted by molar-refractivity contribution is 0.957. The lowest BCUT2D eigenvalue weighted by Crippen LogP contribution is -1.95. The monoisotopic (exact) mass is 203 g/mol. The second-order valence-electron chi connectivity index (χ2n) is 2.91. The van der Waals surface area contributed by atoms with Gasteiger partial charge in [-0.15, -0.1) is 0 Å². The van der Waals surface area contributed by atoms with Gasteiger partial charge >= 0.3 is 0 Å². The van der Waals surface area contributed by atoms with Crippen molar-refractivity contribution in [2.75, 3.05) is 0 Å². The third-order valence-corrected chi connectivity index (χ3v) is 2.08. The van der Waals surface area contributed by atoms with Crippen molar-refractivity contribution in [1.29, 1.82) is 0 Å². The molecule has 0 atom stereocenters. The first-order valence-electron chi connectivity index (χ1n) is 4.28. The Labute approximate surface area is 86.9 Å². The van der Waals surface area contributed by atoms with Crippen LogP contribution in [0.1, 0.15) is 11.4 Å². The molecule has 2 rings (SSSR count). The van der Waals surface area contributed by atoms with E-state index in [0.717, 1.165) is 12.2 Å². The molecule has 0 bridgehead atoms. The van der Waals surface area contributed by atoms with Gasteiger partial charge in [0, 0.05) is 25.0 Å². The average molecular weight is 203 g/mol. The molecule has 2 aromatic rings. The molecule has 0 saturated heterocycles. The molecule has 0 unspecified atom stereocenters. The third-order valence-electron chi connectivity index (χ3n) is 1.84. The predicted octanol–water partition coefficient (Wildman–Crippen LogP) is 2.12. The number of aromatic amines is 1. The highest BCUT2D eigenvalue weighted by Crippen LogP contribution is 2.02. The van der Waals surface area contributed by atoms with Crippen LogP contribution in [0.15, 0.2) is 36.8 Å². The van der Waals surface area contributed by atoms with Gasteiger partial charge in [0.05, 0.1) is 0 Å². The zero-order chi connectivity index (χ0) is 9.80. The van der Waals surface area contributed by atoms with Crippen LogP contribution in [0.3, 0.4) is 0 Å². The second-order valence-corrected chi connectivity index (χ2v) is 3.35. The number of rotatable bonds is 2. The number of hydrogen-bond donors (Lipinski definition) is 1. The maximum Gasteiger partial charge on any atom is 0.111 e. The Morgan fingerprint density at radius 2 is 1.93 bits per heavy atom. The molecular weight excluding hydrogens is 194 g/mol. The molecule has 2 aromatic heterocycles. The van der Waals surface area contributed by atoms with Gasteiger partial charge in [-0.3, -0.25) is 4.98 Å². The van der Waals surface area contributed by atoms with Crippen molar-refractivity contribution in [3.8, 4) is 0 Å². The van der Waals surface area contributed by atoms with Crippen LogP contribution in [-0.2, 0) is 6.42 Å². The first kappa shape index (κ1) is 9.02. The van der Waals surface area contributed by atoms with Gasteiger partial charge in [0.25, 0.3) is 0 Å². The van der Waals surface area contributed by atoms with Gasteiger partial charge < -0.3 is 4.98 Å². The first-order valence-corrected chi connectivity index (χ1v) is 4.68. The van der Waals surface area contributed by atoms with Crippen molar-refractivity contribution in [2.45, 2.75) is 6.42 Å². The Bertz CT molecular complexity index is 464. The molecule has 70 valence electrons. The van der Waals surface area contributed by atoms with Crippen LogP contribution >= 0.6 is 12.2 Å². The zero-order valence-corrected chi connectivity index (χ0v) is 8.29. The van der Waals surface area contributed by atoms with Crippen LogP contribution in [-0.4, -0.2) is 15.0 Å². The molecule has 0 radical (unpaired) electrons. The topological polar surface area (TPSA) is 41.6 Å². The number of hydrogen-bond acceptors (Lipinski definition) is 3. The summed E-state index contributed by atoms with van der Waals surface area (Å²) in [4.78, 5) is 11.2. The second kappa shape index (κ2) is 4.11. The van der Waals surface area contributed by atoms with Crippen molar-refractivity contribution in [3.05, 3.63) is 52.8 Å². The lowest BCUT2D eigenvalue weighted by atomic mass is 10.2. The molecule has 0 aliphatic carbocycles. The molecule has 0 fully saturated rings. The summed E-state index contributed by atoms with van der Waals surface area (Å²) in [7, 11) is 0. The van der Waals surface area contributed by atoms with E-state index in [0.29, 0.717) is 4.64 Å². The molecule has 0 spiro atoms. The van der Waals surface area contributed by atoms with Crippen molar-refractivity contribution in [3.63, 3.8) is 0 Å². The molecule has 0 aliphatic rings. The van der Waals surface area contributed by atoms with E-state index in [1.807, 2.05) is 12.1 Å². The minimum Gasteiger partial charge on any atom is -0.335 e. The Morgan fingerprint density at radius 3 is 2.64 bits per heavy atom. The molecule has 0 saturated carbocycles. The van der Waals surface area contributed by atoms with Crippen molar-refractivity contribution < 1.29 is 0 Å². The van der Waals surface area contributed by atoms with Crippen LogP contribution in [0, 0.1) is 4.64 Å². The van der Waals surface area contributed by atoms with Crippen LogP contribution in [0.2, 0.25) is 0 Å². The maximum atomic E-state index is 5.01. The van der Waals surface area contributed by atoms with Gasteiger partial charge in [-0.25, -0.2) is 4.98 Å². The summed E-state index contributed by atoms with van der Waals surface area (Å²) in [5.41, 5.74) is 1.17. The van der Waals surface area contributed by atoms with Crippen LogP contribution < -0.4 is 0 Å².